The van der Waals surface area contributed by atoms with Gasteiger partial charge in [-0.2, -0.15) is 0 Å². The molecule has 0 amide bonds. The van der Waals surface area contributed by atoms with Crippen LogP contribution >= 0.6 is 0 Å². The minimum atomic E-state index is 0. The molecule has 1 aromatic rings. The van der Waals surface area contributed by atoms with Gasteiger partial charge < -0.3 is 4.57 Å². The van der Waals surface area contributed by atoms with E-state index in [1.807, 2.05) is 12.1 Å². The second kappa shape index (κ2) is 5.42. The Morgan fingerprint density at radius 1 is 1.11 bits per heavy atom. The first kappa shape index (κ1) is 11.1. The van der Waals surface area contributed by atoms with Crippen molar-refractivity contribution in [1.82, 2.24) is 4.57 Å². The molecule has 0 fully saturated rings. The maximum atomic E-state index is 2.12. The van der Waals surface area contributed by atoms with Gasteiger partial charge in [-0.3, -0.25) is 0 Å². The fourth-order valence-electron chi connectivity index (χ4n) is 0.581. The Hall–Kier alpha value is -0.720. The Bertz CT molecular complexity index is 119. The quantitative estimate of drug-likeness (QED) is 0.546. The minimum Gasteiger partial charge on any atom is -0.355 e. The Morgan fingerprint density at radius 2 is 1.56 bits per heavy atom. The summed E-state index contributed by atoms with van der Waals surface area (Å²) in [4.78, 5) is 0. The van der Waals surface area contributed by atoms with Gasteiger partial charge in [0.15, 0.2) is 0 Å². The highest BCUT2D eigenvalue weighted by molar-refractivity contribution is 4.89. The predicted molar refractivity (Wildman–Crippen MR) is 43.6 cm³/mol. The van der Waals surface area contributed by atoms with Gasteiger partial charge in [-0.1, -0.05) is 14.9 Å². The summed E-state index contributed by atoms with van der Waals surface area (Å²) in [5, 5.41) is 0. The van der Waals surface area contributed by atoms with Gasteiger partial charge >= 0.3 is 0 Å². The molecule has 1 rings (SSSR count). The van der Waals surface area contributed by atoms with E-state index in [9.17, 15) is 0 Å². The van der Waals surface area contributed by atoms with Crippen LogP contribution in [0.1, 0.15) is 21.8 Å². The van der Waals surface area contributed by atoms with Crippen molar-refractivity contribution in [2.45, 2.75) is 28.3 Å². The van der Waals surface area contributed by atoms with Crippen molar-refractivity contribution < 1.29 is 0 Å². The smallest absolute Gasteiger partial charge is 0.0191 e. The summed E-state index contributed by atoms with van der Waals surface area (Å²) in [7, 11) is 0. The largest absolute Gasteiger partial charge is 0.355 e. The third-order valence-corrected chi connectivity index (χ3v) is 1.03. The summed E-state index contributed by atoms with van der Waals surface area (Å²) in [6, 6.07) is 4.06. The summed E-state index contributed by atoms with van der Waals surface area (Å²) in [5.41, 5.74) is 0. The fraction of sp³-hybridized carbons (Fsp3) is 0.500. The number of hydrogen-bond acceptors (Lipinski definition) is 0. The molecule has 1 heterocycles. The molecular formula is C8H17N. The lowest BCUT2D eigenvalue weighted by Crippen LogP contribution is -1.85. The van der Waals surface area contributed by atoms with Gasteiger partial charge in [0.25, 0.3) is 0 Å². The lowest BCUT2D eigenvalue weighted by atomic mass is 10.7. The topological polar surface area (TPSA) is 4.93 Å². The van der Waals surface area contributed by atoms with Crippen molar-refractivity contribution in [2.75, 3.05) is 0 Å². The normalized spacial score (nSPS) is 7.22. The van der Waals surface area contributed by atoms with Crippen LogP contribution in [0.15, 0.2) is 24.5 Å². The van der Waals surface area contributed by atoms with Crippen LogP contribution in [0.5, 0.6) is 0 Å². The van der Waals surface area contributed by atoms with Crippen LogP contribution in [0.25, 0.3) is 0 Å². The van der Waals surface area contributed by atoms with Gasteiger partial charge in [0.2, 0.25) is 0 Å². The van der Waals surface area contributed by atoms with E-state index in [4.69, 9.17) is 0 Å². The highest BCUT2D eigenvalue weighted by atomic mass is 14.9. The molecule has 0 spiro atoms. The molecule has 1 nitrogen and oxygen atoms in total. The van der Waals surface area contributed by atoms with Crippen molar-refractivity contribution >= 4 is 0 Å². The van der Waals surface area contributed by atoms with E-state index in [-0.39, 0.29) is 14.9 Å². The number of aryl methyl sites for hydroxylation is 1. The molecule has 0 atom stereocenters. The van der Waals surface area contributed by atoms with Crippen LogP contribution < -0.4 is 0 Å². The average Bonchev–Trinajstić information content (AvgIpc) is 2.14. The van der Waals surface area contributed by atoms with Crippen LogP contribution in [-0.4, -0.2) is 4.57 Å². The van der Waals surface area contributed by atoms with Gasteiger partial charge in [0, 0.05) is 18.9 Å². The minimum absolute atomic E-state index is 0. The van der Waals surface area contributed by atoms with Crippen molar-refractivity contribution in [2.24, 2.45) is 0 Å². The highest BCUT2D eigenvalue weighted by Crippen LogP contribution is 1.86. The molecule has 0 aromatic carbocycles. The summed E-state index contributed by atoms with van der Waals surface area (Å²) in [6.45, 7) is 3.20. The Labute approximate surface area is 58.3 Å². The molecule has 0 saturated carbocycles. The van der Waals surface area contributed by atoms with Crippen molar-refractivity contribution in [3.8, 4) is 0 Å². The molecular weight excluding hydrogens is 110 g/mol. The Balaban J connectivity index is 0. The lowest BCUT2D eigenvalue weighted by molar-refractivity contribution is 0.769. The van der Waals surface area contributed by atoms with Gasteiger partial charge in [0.1, 0.15) is 0 Å². The molecule has 0 aliphatic rings. The van der Waals surface area contributed by atoms with E-state index in [1.54, 1.807) is 0 Å². The van der Waals surface area contributed by atoms with E-state index in [2.05, 4.69) is 23.9 Å². The zero-order valence-corrected chi connectivity index (χ0v) is 4.46. The molecule has 9 heavy (non-hydrogen) atoms. The summed E-state index contributed by atoms with van der Waals surface area (Å²) in [6.07, 6.45) is 4.11. The zero-order valence-electron chi connectivity index (χ0n) is 4.46. The first-order valence-electron chi connectivity index (χ1n) is 2.54. The second-order valence-electron chi connectivity index (χ2n) is 1.51. The summed E-state index contributed by atoms with van der Waals surface area (Å²) in [5.74, 6) is 0. The van der Waals surface area contributed by atoms with Gasteiger partial charge in [-0.15, -0.1) is 0 Å². The van der Waals surface area contributed by atoms with Crippen LogP contribution in [0.3, 0.4) is 0 Å². The van der Waals surface area contributed by atoms with Crippen molar-refractivity contribution in [1.29, 1.82) is 0 Å². The highest BCUT2D eigenvalue weighted by Gasteiger charge is 1.75. The van der Waals surface area contributed by atoms with Crippen molar-refractivity contribution in [3.63, 3.8) is 0 Å². The SMILES string of the molecule is C.C.CCn1cccc1. The first-order valence-corrected chi connectivity index (χ1v) is 2.54. The maximum absolute atomic E-state index is 2.12. The third kappa shape index (κ3) is 2.96. The average molecular weight is 127 g/mol. The van der Waals surface area contributed by atoms with Crippen LogP contribution in [0.2, 0.25) is 0 Å². The van der Waals surface area contributed by atoms with Crippen LogP contribution in [-0.2, 0) is 6.54 Å². The van der Waals surface area contributed by atoms with Gasteiger partial charge in [-0.25, -0.2) is 0 Å². The molecule has 0 aliphatic carbocycles. The molecule has 0 saturated heterocycles. The van der Waals surface area contributed by atoms with E-state index < -0.39 is 0 Å². The molecule has 1 aromatic heterocycles. The molecule has 0 bridgehead atoms. The molecule has 0 aliphatic heterocycles. The third-order valence-electron chi connectivity index (χ3n) is 1.03. The monoisotopic (exact) mass is 127 g/mol. The maximum Gasteiger partial charge on any atom is 0.0191 e. The van der Waals surface area contributed by atoms with Gasteiger partial charge in [0.05, 0.1) is 0 Å². The number of nitrogens with zero attached hydrogens (tertiary/aromatic N) is 1. The number of aromatic nitrogens is 1. The summed E-state index contributed by atoms with van der Waals surface area (Å²) < 4.78 is 2.12. The van der Waals surface area contributed by atoms with E-state index in [1.165, 1.54) is 0 Å². The molecule has 54 valence electrons. The van der Waals surface area contributed by atoms with Crippen LogP contribution in [0, 0.1) is 0 Å². The number of hydrogen-bond donors (Lipinski definition) is 0. The lowest BCUT2D eigenvalue weighted by Gasteiger charge is -1.89. The van der Waals surface area contributed by atoms with Gasteiger partial charge in [-0.05, 0) is 19.1 Å². The Morgan fingerprint density at radius 3 is 1.78 bits per heavy atom. The standard InChI is InChI=1S/C6H9N.2CH4/c1-2-7-5-3-4-6-7;;/h3-6H,2H2,1H3;2*1H4. The second-order valence-corrected chi connectivity index (χ2v) is 1.51. The molecule has 0 unspecified atom stereocenters. The zero-order chi connectivity index (χ0) is 5.11. The van der Waals surface area contributed by atoms with Crippen molar-refractivity contribution in [3.05, 3.63) is 24.5 Å². The summed E-state index contributed by atoms with van der Waals surface area (Å²) >= 11 is 0. The van der Waals surface area contributed by atoms with E-state index in [0.717, 1.165) is 6.54 Å². The predicted octanol–water partition coefficient (Wildman–Crippen LogP) is 2.78. The number of rotatable bonds is 1. The van der Waals surface area contributed by atoms with Crippen LogP contribution in [0.4, 0.5) is 0 Å². The molecule has 0 N–H and O–H groups in total. The molecule has 0 radical (unpaired) electrons. The fourth-order valence-corrected chi connectivity index (χ4v) is 0.581. The van der Waals surface area contributed by atoms with E-state index >= 15 is 0 Å². The Kier molecular flexibility index (Phi) is 6.70. The first-order chi connectivity index (χ1) is 3.43. The molecule has 1 heteroatoms. The van der Waals surface area contributed by atoms with E-state index in [0.29, 0.717) is 0 Å².